The molecule has 4 heterocycles. The zero-order valence-electron chi connectivity index (χ0n) is 28.4. The molecule has 2 N–H and O–H groups in total. The van der Waals surface area contributed by atoms with E-state index in [2.05, 4.69) is 5.32 Å². The van der Waals surface area contributed by atoms with Gasteiger partial charge in [-0.3, -0.25) is 19.2 Å². The predicted molar refractivity (Wildman–Crippen MR) is 194 cm³/mol. The lowest BCUT2D eigenvalue weighted by Crippen LogP contribution is -2.56. The SMILES string of the molecule is O=C1CC/C=C\[C@H]2O[C@]34C=CCN(c5ccc6ccccc6c5)C(=O)[C@H]3N([C@H](CO)c3ccccc3)C(=O)[C@@H]4[C@H]2C(=O)N[C@H](c2ccccc2)CO1. The van der Waals surface area contributed by atoms with Crippen LogP contribution in [0.1, 0.15) is 36.1 Å². The van der Waals surface area contributed by atoms with Crippen LogP contribution in [0.25, 0.3) is 10.8 Å². The molecule has 4 aromatic carbocycles. The summed E-state index contributed by atoms with van der Waals surface area (Å²) in [6.07, 6.45) is 6.69. The standard InChI is InChI=1S/C42H39N3O7/c46-25-33(29-15-5-2-6-16-29)45-38-41(50)44(31-21-20-27-12-7-8-17-30(27)24-31)23-11-22-42(38)37(40(45)49)36-34(52-42)18-9-10-19-35(47)51-26-32(43-39(36)48)28-13-3-1-4-14-28/h1-9,11-18,20-22,24,32-34,36-38,46H,10,19,23,25-26H2,(H,43,48)/b18-9-/t32-,33+,34+,36-,37-,38+,42-/m0/s1. The van der Waals surface area contributed by atoms with E-state index >= 15 is 9.59 Å². The fourth-order valence-electron chi connectivity index (χ4n) is 8.32. The Morgan fingerprint density at radius 2 is 1.58 bits per heavy atom. The molecule has 1 spiro atoms. The number of allylic oxidation sites excluding steroid dienone is 1. The van der Waals surface area contributed by atoms with Gasteiger partial charge in [0, 0.05) is 18.7 Å². The van der Waals surface area contributed by atoms with Gasteiger partial charge in [-0.05, 0) is 40.5 Å². The highest BCUT2D eigenvalue weighted by atomic mass is 16.5. The molecule has 0 bridgehead atoms. The molecule has 4 aliphatic heterocycles. The number of cyclic esters (lactones) is 1. The Balaban J connectivity index is 1.25. The van der Waals surface area contributed by atoms with Crippen molar-refractivity contribution in [1.82, 2.24) is 10.2 Å². The summed E-state index contributed by atoms with van der Waals surface area (Å²) in [6.45, 7) is -0.339. The number of hydrogen-bond donors (Lipinski definition) is 2. The molecule has 8 rings (SSSR count). The van der Waals surface area contributed by atoms with Crippen LogP contribution in [0, 0.1) is 11.8 Å². The molecule has 264 valence electrons. The fraction of sp³-hybridized carbons (Fsp3) is 0.286. The maximum Gasteiger partial charge on any atom is 0.306 e. The summed E-state index contributed by atoms with van der Waals surface area (Å²) in [6, 6.07) is 29.2. The van der Waals surface area contributed by atoms with Crippen LogP contribution in [0.3, 0.4) is 0 Å². The van der Waals surface area contributed by atoms with Crippen LogP contribution in [0.4, 0.5) is 5.69 Å². The van der Waals surface area contributed by atoms with Crippen molar-refractivity contribution in [3.05, 3.63) is 139 Å². The van der Waals surface area contributed by atoms with E-state index in [1.54, 1.807) is 23.1 Å². The summed E-state index contributed by atoms with van der Waals surface area (Å²) in [7, 11) is 0. The van der Waals surface area contributed by atoms with Gasteiger partial charge in [0.15, 0.2) is 0 Å². The monoisotopic (exact) mass is 697 g/mol. The Morgan fingerprint density at radius 1 is 0.846 bits per heavy atom. The number of esters is 1. The van der Waals surface area contributed by atoms with Crippen molar-refractivity contribution in [2.45, 2.75) is 42.7 Å². The van der Waals surface area contributed by atoms with Gasteiger partial charge in [0.25, 0.3) is 5.91 Å². The van der Waals surface area contributed by atoms with Crippen molar-refractivity contribution in [2.24, 2.45) is 11.8 Å². The van der Waals surface area contributed by atoms with E-state index in [0.717, 1.165) is 16.3 Å². The molecule has 3 amide bonds. The average molecular weight is 698 g/mol. The van der Waals surface area contributed by atoms with Crippen LogP contribution in [0.15, 0.2) is 127 Å². The third kappa shape index (κ3) is 5.78. The van der Waals surface area contributed by atoms with Crippen LogP contribution in [-0.2, 0) is 28.7 Å². The molecule has 7 atom stereocenters. The highest BCUT2D eigenvalue weighted by molar-refractivity contribution is 6.06. The summed E-state index contributed by atoms with van der Waals surface area (Å²) in [4.78, 5) is 60.6. The first-order valence-electron chi connectivity index (χ1n) is 17.7. The molecule has 0 aromatic heterocycles. The second-order valence-electron chi connectivity index (χ2n) is 13.7. The molecule has 10 heteroatoms. The summed E-state index contributed by atoms with van der Waals surface area (Å²) in [5.74, 6) is -3.85. The van der Waals surface area contributed by atoms with Crippen molar-refractivity contribution in [1.29, 1.82) is 0 Å². The van der Waals surface area contributed by atoms with Crippen LogP contribution in [-0.4, -0.2) is 71.2 Å². The number of benzene rings is 4. The number of nitrogens with one attached hydrogen (secondary N) is 1. The lowest BCUT2D eigenvalue weighted by atomic mass is 9.77. The molecule has 10 nitrogen and oxygen atoms in total. The van der Waals surface area contributed by atoms with Gasteiger partial charge in [-0.25, -0.2) is 0 Å². The number of hydrogen-bond acceptors (Lipinski definition) is 7. The number of amides is 3. The molecule has 2 fully saturated rings. The molecule has 0 saturated carbocycles. The van der Waals surface area contributed by atoms with Gasteiger partial charge in [0.05, 0.1) is 36.6 Å². The molecule has 0 aliphatic carbocycles. The number of ether oxygens (including phenoxy) is 2. The van der Waals surface area contributed by atoms with Gasteiger partial charge < -0.3 is 29.7 Å². The Morgan fingerprint density at radius 3 is 2.35 bits per heavy atom. The van der Waals surface area contributed by atoms with Gasteiger partial charge in [-0.1, -0.05) is 115 Å². The zero-order valence-corrected chi connectivity index (χ0v) is 28.4. The minimum Gasteiger partial charge on any atom is -0.463 e. The highest BCUT2D eigenvalue weighted by Crippen LogP contribution is 2.55. The summed E-state index contributed by atoms with van der Waals surface area (Å²) < 4.78 is 12.5. The number of carbonyl (C=O) groups excluding carboxylic acids is 4. The third-order valence-electron chi connectivity index (χ3n) is 10.7. The van der Waals surface area contributed by atoms with E-state index in [9.17, 15) is 14.7 Å². The number of aliphatic hydroxyl groups excluding tert-OH is 1. The topological polar surface area (TPSA) is 125 Å². The number of carbonyl (C=O) groups is 4. The number of likely N-dealkylation sites (tertiary alicyclic amines) is 1. The van der Waals surface area contributed by atoms with Gasteiger partial charge in [0.2, 0.25) is 11.8 Å². The molecular weight excluding hydrogens is 658 g/mol. The van der Waals surface area contributed by atoms with E-state index in [4.69, 9.17) is 9.47 Å². The number of anilines is 1. The maximum atomic E-state index is 15.2. The molecule has 0 radical (unpaired) electrons. The van der Waals surface area contributed by atoms with Crippen LogP contribution < -0.4 is 10.2 Å². The quantitative estimate of drug-likeness (QED) is 0.227. The second kappa shape index (κ2) is 13.9. The first-order chi connectivity index (χ1) is 25.4. The molecular formula is C42H39N3O7. The minimum atomic E-state index is -1.55. The fourth-order valence-corrected chi connectivity index (χ4v) is 8.32. The van der Waals surface area contributed by atoms with Crippen LogP contribution >= 0.6 is 0 Å². The van der Waals surface area contributed by atoms with E-state index < -0.39 is 66.1 Å². The zero-order chi connectivity index (χ0) is 35.8. The number of fused-ring (bicyclic) bond motifs is 3. The average Bonchev–Trinajstić information content (AvgIpc) is 3.56. The smallest absolute Gasteiger partial charge is 0.306 e. The normalized spacial score (nSPS) is 28.8. The molecule has 4 aliphatic rings. The van der Waals surface area contributed by atoms with Crippen molar-refractivity contribution in [3.8, 4) is 0 Å². The second-order valence-corrected chi connectivity index (χ2v) is 13.7. The minimum absolute atomic E-state index is 0.0885. The maximum absolute atomic E-state index is 15.2. The van der Waals surface area contributed by atoms with Crippen molar-refractivity contribution in [3.63, 3.8) is 0 Å². The lowest BCUT2D eigenvalue weighted by Gasteiger charge is -2.38. The Bertz CT molecular complexity index is 2070. The molecule has 4 aromatic rings. The van der Waals surface area contributed by atoms with Gasteiger partial charge in [-0.15, -0.1) is 0 Å². The summed E-state index contributed by atoms with van der Waals surface area (Å²) in [5.41, 5.74) is 0.489. The van der Waals surface area contributed by atoms with Crippen molar-refractivity contribution < 1.29 is 33.8 Å². The highest BCUT2D eigenvalue weighted by Gasteiger charge is 2.72. The Kier molecular flexibility index (Phi) is 8.94. The molecule has 2 saturated heterocycles. The van der Waals surface area contributed by atoms with E-state index in [1.807, 2.05) is 109 Å². The van der Waals surface area contributed by atoms with Crippen LogP contribution in [0.2, 0.25) is 0 Å². The van der Waals surface area contributed by atoms with Gasteiger partial charge >= 0.3 is 5.97 Å². The molecule has 52 heavy (non-hydrogen) atoms. The number of rotatable bonds is 5. The third-order valence-corrected chi connectivity index (χ3v) is 10.7. The predicted octanol–water partition coefficient (Wildman–Crippen LogP) is 4.81. The Hall–Kier alpha value is -5.58. The number of aliphatic hydroxyl groups is 1. The molecule has 0 unspecified atom stereocenters. The summed E-state index contributed by atoms with van der Waals surface area (Å²) in [5, 5.41) is 16.0. The van der Waals surface area contributed by atoms with Crippen LogP contribution in [0.5, 0.6) is 0 Å². The van der Waals surface area contributed by atoms with Crippen molar-refractivity contribution >= 4 is 40.2 Å². The van der Waals surface area contributed by atoms with Crippen molar-refractivity contribution in [2.75, 3.05) is 24.7 Å². The van der Waals surface area contributed by atoms with E-state index in [0.29, 0.717) is 17.7 Å². The van der Waals surface area contributed by atoms with Gasteiger partial charge in [0.1, 0.15) is 18.2 Å². The lowest BCUT2D eigenvalue weighted by molar-refractivity contribution is -0.146. The van der Waals surface area contributed by atoms with E-state index in [-0.39, 0.29) is 25.5 Å². The first kappa shape index (κ1) is 33.6. The number of nitrogens with zero attached hydrogens (tertiary/aromatic N) is 2. The van der Waals surface area contributed by atoms with E-state index in [1.165, 1.54) is 4.90 Å². The summed E-state index contributed by atoms with van der Waals surface area (Å²) >= 11 is 0. The first-order valence-corrected chi connectivity index (χ1v) is 17.7. The largest absolute Gasteiger partial charge is 0.463 e. The van der Waals surface area contributed by atoms with Gasteiger partial charge in [-0.2, -0.15) is 0 Å². The Labute approximate surface area is 301 Å².